The number of nitrogens with zero attached hydrogens (tertiary/aromatic N) is 2. The fourth-order valence-corrected chi connectivity index (χ4v) is 4.11. The molecule has 1 aromatic heterocycles. The summed E-state index contributed by atoms with van der Waals surface area (Å²) in [5.41, 5.74) is 1.60. The third kappa shape index (κ3) is 4.28. The molecule has 1 aliphatic rings. The summed E-state index contributed by atoms with van der Waals surface area (Å²) in [6, 6.07) is 17.4. The lowest BCUT2D eigenvalue weighted by atomic mass is 10.2. The van der Waals surface area contributed by atoms with E-state index in [1.807, 2.05) is 48.5 Å². The smallest absolute Gasteiger partial charge is 0.262 e. The zero-order valence-electron chi connectivity index (χ0n) is 15.8. The van der Waals surface area contributed by atoms with Crippen molar-refractivity contribution < 1.29 is 4.79 Å². The number of amides is 1. The number of hydrogen-bond acceptors (Lipinski definition) is 4. The summed E-state index contributed by atoms with van der Waals surface area (Å²) >= 11 is 1.32. The van der Waals surface area contributed by atoms with Gasteiger partial charge in [-0.25, -0.2) is 4.98 Å². The van der Waals surface area contributed by atoms with Crippen molar-refractivity contribution in [1.29, 1.82) is 0 Å². The molecule has 28 heavy (non-hydrogen) atoms. The van der Waals surface area contributed by atoms with Gasteiger partial charge in [-0.2, -0.15) is 0 Å². The summed E-state index contributed by atoms with van der Waals surface area (Å²) in [5, 5.41) is 4.22. The Morgan fingerprint density at radius 3 is 2.64 bits per heavy atom. The lowest BCUT2D eigenvalue weighted by Gasteiger charge is -2.15. The van der Waals surface area contributed by atoms with Crippen molar-refractivity contribution in [3.8, 4) is 0 Å². The molecule has 0 spiro atoms. The van der Waals surface area contributed by atoms with Crippen molar-refractivity contribution in [3.05, 3.63) is 70.5 Å². The molecule has 1 heterocycles. The second-order valence-electron chi connectivity index (χ2n) is 7.27. The van der Waals surface area contributed by atoms with Gasteiger partial charge in [0.1, 0.15) is 0 Å². The fourth-order valence-electron chi connectivity index (χ4n) is 3.30. The Kier molecular flexibility index (Phi) is 5.48. The van der Waals surface area contributed by atoms with Crippen LogP contribution < -0.4 is 10.9 Å². The van der Waals surface area contributed by atoms with Crippen molar-refractivity contribution in [3.63, 3.8) is 0 Å². The van der Waals surface area contributed by atoms with E-state index in [-0.39, 0.29) is 23.3 Å². The summed E-state index contributed by atoms with van der Waals surface area (Å²) in [6.45, 7) is 2.49. The van der Waals surface area contributed by atoms with E-state index < -0.39 is 0 Å². The predicted molar refractivity (Wildman–Crippen MR) is 113 cm³/mol. The Balaban J connectivity index is 1.60. The molecule has 0 aliphatic heterocycles. The Labute approximate surface area is 168 Å². The maximum Gasteiger partial charge on any atom is 0.262 e. The van der Waals surface area contributed by atoms with Crippen LogP contribution in [0.15, 0.2) is 64.5 Å². The van der Waals surface area contributed by atoms with Crippen LogP contribution in [0.2, 0.25) is 0 Å². The van der Waals surface area contributed by atoms with Crippen LogP contribution in [0.5, 0.6) is 0 Å². The number of fused-ring (bicyclic) bond motifs is 1. The molecule has 1 N–H and O–H groups in total. The molecular weight excluding hydrogens is 370 g/mol. The van der Waals surface area contributed by atoms with Crippen LogP contribution in [0, 0.1) is 5.92 Å². The number of aromatic nitrogens is 2. The quantitative estimate of drug-likeness (QED) is 0.493. The summed E-state index contributed by atoms with van der Waals surface area (Å²) < 4.78 is 1.67. The summed E-state index contributed by atoms with van der Waals surface area (Å²) in [4.78, 5) is 30.1. The van der Waals surface area contributed by atoms with Gasteiger partial charge in [-0.05, 0) is 43.4 Å². The Hall–Kier alpha value is -2.60. The van der Waals surface area contributed by atoms with Gasteiger partial charge in [0.05, 0.1) is 23.2 Å². The molecular formula is C22H23N3O2S. The zero-order valence-corrected chi connectivity index (χ0v) is 16.6. The molecule has 0 bridgehead atoms. The molecule has 1 fully saturated rings. The zero-order chi connectivity index (χ0) is 19.5. The average Bonchev–Trinajstić information content (AvgIpc) is 3.55. The van der Waals surface area contributed by atoms with E-state index in [1.54, 1.807) is 10.6 Å². The van der Waals surface area contributed by atoms with Gasteiger partial charge in [-0.15, -0.1) is 0 Å². The van der Waals surface area contributed by atoms with E-state index in [9.17, 15) is 9.59 Å². The molecule has 144 valence electrons. The third-order valence-corrected chi connectivity index (χ3v) is 6.04. The summed E-state index contributed by atoms with van der Waals surface area (Å²) in [7, 11) is 0. The fraction of sp³-hybridized carbons (Fsp3) is 0.318. The number of thioether (sulfide) groups is 1. The second-order valence-corrected chi connectivity index (χ2v) is 8.21. The minimum atomic E-state index is -0.0799. The number of nitrogens with one attached hydrogen (secondary N) is 1. The molecule has 0 saturated heterocycles. The minimum Gasteiger partial charge on any atom is -0.353 e. The first-order chi connectivity index (χ1) is 13.6. The number of rotatable bonds is 7. The molecule has 1 aliphatic carbocycles. The first kappa shape index (κ1) is 18.7. The predicted octanol–water partition coefficient (Wildman–Crippen LogP) is 3.45. The van der Waals surface area contributed by atoms with Crippen molar-refractivity contribution in [1.82, 2.24) is 14.9 Å². The van der Waals surface area contributed by atoms with Gasteiger partial charge < -0.3 is 5.32 Å². The lowest BCUT2D eigenvalue weighted by molar-refractivity contribution is -0.119. The minimum absolute atomic E-state index is 0.0157. The highest BCUT2D eigenvalue weighted by atomic mass is 32.2. The highest BCUT2D eigenvalue weighted by molar-refractivity contribution is 7.99. The van der Waals surface area contributed by atoms with Crippen molar-refractivity contribution in [2.45, 2.75) is 37.5 Å². The number of para-hydroxylation sites is 1. The number of carbonyl (C=O) groups is 1. The molecule has 0 unspecified atom stereocenters. The molecule has 1 amide bonds. The molecule has 2 aromatic carbocycles. The van der Waals surface area contributed by atoms with Gasteiger partial charge in [0, 0.05) is 6.04 Å². The van der Waals surface area contributed by atoms with Gasteiger partial charge in [0.2, 0.25) is 5.91 Å². The van der Waals surface area contributed by atoms with Crippen LogP contribution in [0.1, 0.15) is 25.3 Å². The van der Waals surface area contributed by atoms with Gasteiger partial charge >= 0.3 is 0 Å². The SMILES string of the molecule is C[C@H](NC(=O)CSc1nc2ccccc2c(=O)n1Cc1ccccc1)C1CC1. The van der Waals surface area contributed by atoms with Crippen LogP contribution >= 0.6 is 11.8 Å². The number of carbonyl (C=O) groups excluding carboxylic acids is 1. The van der Waals surface area contributed by atoms with Crippen LogP contribution in [0.25, 0.3) is 10.9 Å². The summed E-state index contributed by atoms with van der Waals surface area (Å²) in [6.07, 6.45) is 2.38. The molecule has 1 saturated carbocycles. The van der Waals surface area contributed by atoms with Crippen molar-refractivity contribution in [2.75, 3.05) is 5.75 Å². The maximum atomic E-state index is 13.1. The van der Waals surface area contributed by atoms with Crippen LogP contribution in [0.4, 0.5) is 0 Å². The molecule has 0 radical (unpaired) electrons. The number of hydrogen-bond donors (Lipinski definition) is 1. The van der Waals surface area contributed by atoms with Crippen LogP contribution in [-0.2, 0) is 11.3 Å². The van der Waals surface area contributed by atoms with Gasteiger partial charge in [-0.3, -0.25) is 14.2 Å². The topological polar surface area (TPSA) is 64.0 Å². The maximum absolute atomic E-state index is 13.1. The molecule has 1 atom stereocenters. The third-order valence-electron chi connectivity index (χ3n) is 5.06. The van der Waals surface area contributed by atoms with Crippen LogP contribution in [0.3, 0.4) is 0 Å². The lowest BCUT2D eigenvalue weighted by Crippen LogP contribution is -2.35. The monoisotopic (exact) mass is 393 g/mol. The van der Waals surface area contributed by atoms with E-state index in [1.165, 1.54) is 24.6 Å². The largest absolute Gasteiger partial charge is 0.353 e. The van der Waals surface area contributed by atoms with E-state index in [2.05, 4.69) is 17.2 Å². The Morgan fingerprint density at radius 2 is 1.89 bits per heavy atom. The highest BCUT2D eigenvalue weighted by Crippen LogP contribution is 2.32. The average molecular weight is 394 g/mol. The van der Waals surface area contributed by atoms with E-state index >= 15 is 0 Å². The van der Waals surface area contributed by atoms with Gasteiger partial charge in [0.25, 0.3) is 5.56 Å². The molecule has 6 heteroatoms. The molecule has 3 aromatic rings. The number of benzene rings is 2. The van der Waals surface area contributed by atoms with Crippen molar-refractivity contribution >= 4 is 28.6 Å². The standard InChI is InChI=1S/C22H23N3O2S/c1-15(17-11-12-17)23-20(26)14-28-22-24-19-10-6-5-9-18(19)21(27)25(22)13-16-7-3-2-4-8-16/h2-10,15,17H,11-14H2,1H3,(H,23,26)/t15-/m0/s1. The second kappa shape index (κ2) is 8.19. The van der Waals surface area contributed by atoms with E-state index in [0.717, 1.165) is 5.56 Å². The van der Waals surface area contributed by atoms with Gasteiger partial charge in [-0.1, -0.05) is 54.2 Å². The summed E-state index contributed by atoms with van der Waals surface area (Å²) in [5.74, 6) is 0.846. The highest BCUT2D eigenvalue weighted by Gasteiger charge is 2.28. The molecule has 4 rings (SSSR count). The first-order valence-electron chi connectivity index (χ1n) is 9.57. The molecule has 5 nitrogen and oxygen atoms in total. The Morgan fingerprint density at radius 1 is 1.18 bits per heavy atom. The first-order valence-corrected chi connectivity index (χ1v) is 10.6. The van der Waals surface area contributed by atoms with Crippen LogP contribution in [-0.4, -0.2) is 27.3 Å². The van der Waals surface area contributed by atoms with E-state index in [4.69, 9.17) is 0 Å². The van der Waals surface area contributed by atoms with E-state index in [0.29, 0.717) is 28.5 Å². The van der Waals surface area contributed by atoms with Crippen molar-refractivity contribution in [2.24, 2.45) is 5.92 Å². The Bertz CT molecular complexity index is 1040. The normalized spacial score (nSPS) is 14.8. The van der Waals surface area contributed by atoms with Gasteiger partial charge in [0.15, 0.2) is 5.16 Å².